The van der Waals surface area contributed by atoms with Crippen LogP contribution in [0.25, 0.3) is 22.4 Å². The number of nitrogens with zero attached hydrogens (tertiary/aromatic N) is 1. The van der Waals surface area contributed by atoms with Gasteiger partial charge in [-0.2, -0.15) is 5.10 Å². The van der Waals surface area contributed by atoms with Crippen molar-refractivity contribution in [2.45, 2.75) is 0 Å². The molecule has 0 aliphatic carbocycles. The summed E-state index contributed by atoms with van der Waals surface area (Å²) in [6, 6.07) is 27.7. The van der Waals surface area contributed by atoms with E-state index in [1.54, 1.807) is 6.20 Å². The molecule has 0 atom stereocenters. The van der Waals surface area contributed by atoms with E-state index in [-0.39, 0.29) is 5.91 Å². The molecule has 3 aromatic carbocycles. The molecule has 0 saturated heterocycles. The summed E-state index contributed by atoms with van der Waals surface area (Å²) in [5.41, 5.74) is 4.26. The minimum atomic E-state index is -0.183. The number of benzene rings is 3. The molecule has 1 aromatic heterocycles. The average Bonchev–Trinajstić information content (AvgIpc) is 3.28. The second-order valence-corrected chi connectivity index (χ2v) is 6.49. The van der Waals surface area contributed by atoms with Gasteiger partial charge in [-0.15, -0.1) is 0 Å². The van der Waals surface area contributed by atoms with Crippen molar-refractivity contribution in [1.82, 2.24) is 15.5 Å². The Morgan fingerprint density at radius 2 is 1.52 bits per heavy atom. The Morgan fingerprint density at radius 3 is 2.28 bits per heavy atom. The van der Waals surface area contributed by atoms with E-state index in [0.29, 0.717) is 24.4 Å². The van der Waals surface area contributed by atoms with Gasteiger partial charge in [0.1, 0.15) is 12.4 Å². The zero-order valence-electron chi connectivity index (χ0n) is 15.8. The third-order valence-electron chi connectivity index (χ3n) is 4.56. The molecule has 144 valence electrons. The van der Waals surface area contributed by atoms with Crippen molar-refractivity contribution in [1.29, 1.82) is 0 Å². The molecule has 29 heavy (non-hydrogen) atoms. The molecule has 4 rings (SSSR count). The van der Waals surface area contributed by atoms with E-state index < -0.39 is 0 Å². The fourth-order valence-electron chi connectivity index (χ4n) is 3.15. The summed E-state index contributed by atoms with van der Waals surface area (Å²) in [5, 5.41) is 9.83. The van der Waals surface area contributed by atoms with Gasteiger partial charge >= 0.3 is 0 Å². The Kier molecular flexibility index (Phi) is 5.67. The summed E-state index contributed by atoms with van der Waals surface area (Å²) in [5.74, 6) is 0.610. The lowest BCUT2D eigenvalue weighted by molar-refractivity contribution is 0.0948. The first-order valence-corrected chi connectivity index (χ1v) is 9.47. The van der Waals surface area contributed by atoms with Crippen molar-refractivity contribution in [2.75, 3.05) is 13.2 Å². The molecule has 0 saturated carbocycles. The van der Waals surface area contributed by atoms with E-state index in [0.717, 1.165) is 22.4 Å². The average molecular weight is 383 g/mol. The Balaban J connectivity index is 1.37. The first-order chi connectivity index (χ1) is 14.3. The van der Waals surface area contributed by atoms with E-state index in [1.165, 1.54) is 0 Å². The largest absolute Gasteiger partial charge is 0.491 e. The molecule has 2 N–H and O–H groups in total. The molecule has 5 nitrogen and oxygen atoms in total. The molecule has 0 spiro atoms. The molecule has 0 aliphatic heterocycles. The van der Waals surface area contributed by atoms with Crippen molar-refractivity contribution in [3.8, 4) is 28.1 Å². The lowest BCUT2D eigenvalue weighted by Gasteiger charge is -2.12. The predicted octanol–water partition coefficient (Wildman–Crippen LogP) is 4.55. The number of ether oxygens (including phenoxy) is 1. The van der Waals surface area contributed by atoms with Crippen molar-refractivity contribution in [3.63, 3.8) is 0 Å². The van der Waals surface area contributed by atoms with Crippen LogP contribution in [0.1, 0.15) is 10.4 Å². The zero-order valence-corrected chi connectivity index (χ0v) is 15.8. The normalized spacial score (nSPS) is 10.5. The Morgan fingerprint density at radius 1 is 0.862 bits per heavy atom. The lowest BCUT2D eigenvalue weighted by atomic mass is 10.1. The van der Waals surface area contributed by atoms with Crippen LogP contribution in [0.2, 0.25) is 0 Å². The van der Waals surface area contributed by atoms with Crippen LogP contribution in [0.5, 0.6) is 5.75 Å². The van der Waals surface area contributed by atoms with Gasteiger partial charge in [0.25, 0.3) is 5.91 Å². The maximum absolute atomic E-state index is 12.6. The van der Waals surface area contributed by atoms with E-state index >= 15 is 0 Å². The van der Waals surface area contributed by atoms with Crippen molar-refractivity contribution < 1.29 is 9.53 Å². The molecule has 4 aromatic rings. The first kappa shape index (κ1) is 18.5. The number of para-hydroxylation sites is 1. The number of aromatic amines is 1. The number of rotatable bonds is 7. The van der Waals surface area contributed by atoms with Gasteiger partial charge in [0, 0.05) is 11.1 Å². The van der Waals surface area contributed by atoms with Gasteiger partial charge in [0.15, 0.2) is 0 Å². The topological polar surface area (TPSA) is 67.0 Å². The second kappa shape index (κ2) is 8.89. The Labute approximate surface area is 169 Å². The van der Waals surface area contributed by atoms with E-state index in [4.69, 9.17) is 4.74 Å². The highest BCUT2D eigenvalue weighted by Crippen LogP contribution is 2.29. The van der Waals surface area contributed by atoms with Gasteiger partial charge in [-0.3, -0.25) is 9.89 Å². The van der Waals surface area contributed by atoms with Gasteiger partial charge in [0.05, 0.1) is 24.0 Å². The molecule has 5 heteroatoms. The van der Waals surface area contributed by atoms with Crippen molar-refractivity contribution >= 4 is 5.91 Å². The maximum Gasteiger partial charge on any atom is 0.255 e. The van der Waals surface area contributed by atoms with Crippen LogP contribution < -0.4 is 10.1 Å². The zero-order chi connectivity index (χ0) is 19.9. The molecular weight excluding hydrogens is 362 g/mol. The fourth-order valence-corrected chi connectivity index (χ4v) is 3.15. The number of H-pyrrole nitrogens is 1. The predicted molar refractivity (Wildman–Crippen MR) is 114 cm³/mol. The van der Waals surface area contributed by atoms with Gasteiger partial charge in [-0.05, 0) is 11.6 Å². The highest BCUT2D eigenvalue weighted by atomic mass is 16.5. The number of aromatic nitrogens is 2. The van der Waals surface area contributed by atoms with Crippen LogP contribution in [-0.4, -0.2) is 29.3 Å². The second-order valence-electron chi connectivity index (χ2n) is 6.49. The van der Waals surface area contributed by atoms with Crippen molar-refractivity contribution in [3.05, 3.63) is 96.7 Å². The van der Waals surface area contributed by atoms with Crippen LogP contribution in [0.15, 0.2) is 91.1 Å². The van der Waals surface area contributed by atoms with Crippen LogP contribution in [0.3, 0.4) is 0 Å². The van der Waals surface area contributed by atoms with Gasteiger partial charge in [-0.1, -0.05) is 78.9 Å². The van der Waals surface area contributed by atoms with Gasteiger partial charge in [-0.25, -0.2) is 0 Å². The highest BCUT2D eigenvalue weighted by molar-refractivity contribution is 5.99. The molecule has 0 fully saturated rings. The number of nitrogens with one attached hydrogen (secondary N) is 2. The number of hydrogen-bond acceptors (Lipinski definition) is 3. The van der Waals surface area contributed by atoms with E-state index in [2.05, 4.69) is 15.5 Å². The number of carbonyl (C=O) groups is 1. The number of amides is 1. The minimum Gasteiger partial charge on any atom is -0.491 e. The lowest BCUT2D eigenvalue weighted by Crippen LogP contribution is -2.28. The fraction of sp³-hybridized carbons (Fsp3) is 0.0833. The van der Waals surface area contributed by atoms with E-state index in [1.807, 2.05) is 84.9 Å². The molecule has 1 heterocycles. The third-order valence-corrected chi connectivity index (χ3v) is 4.56. The molecule has 1 amide bonds. The van der Waals surface area contributed by atoms with Crippen LogP contribution >= 0.6 is 0 Å². The van der Waals surface area contributed by atoms with Crippen LogP contribution in [0, 0.1) is 0 Å². The van der Waals surface area contributed by atoms with Gasteiger partial charge in [0.2, 0.25) is 0 Å². The monoisotopic (exact) mass is 383 g/mol. The number of hydrogen-bond donors (Lipinski definition) is 2. The smallest absolute Gasteiger partial charge is 0.255 e. The highest BCUT2D eigenvalue weighted by Gasteiger charge is 2.14. The molecule has 0 bridgehead atoms. The third kappa shape index (κ3) is 4.35. The molecule has 0 unspecified atom stereocenters. The number of carbonyl (C=O) groups excluding carboxylic acids is 1. The summed E-state index contributed by atoms with van der Waals surface area (Å²) in [4.78, 5) is 12.6. The summed E-state index contributed by atoms with van der Waals surface area (Å²) in [7, 11) is 0. The maximum atomic E-state index is 12.6. The summed E-state index contributed by atoms with van der Waals surface area (Å²) in [6.45, 7) is 0.759. The van der Waals surface area contributed by atoms with Crippen LogP contribution in [0.4, 0.5) is 0 Å². The Hall–Kier alpha value is -3.86. The quantitative estimate of drug-likeness (QED) is 0.460. The molecular formula is C24H21N3O2. The standard InChI is InChI=1S/C24H21N3O2/c28-24(21-17-26-27-23(21)19-11-5-2-6-12-19)25-15-16-29-22-14-8-7-13-20(22)18-9-3-1-4-10-18/h1-14,17H,15-16H2,(H,25,28)(H,26,27). The summed E-state index contributed by atoms with van der Waals surface area (Å²) < 4.78 is 5.94. The van der Waals surface area contributed by atoms with Crippen LogP contribution in [-0.2, 0) is 0 Å². The van der Waals surface area contributed by atoms with E-state index in [9.17, 15) is 4.79 Å². The molecule has 0 aliphatic rings. The SMILES string of the molecule is O=C(NCCOc1ccccc1-c1ccccc1)c1cn[nH]c1-c1ccccc1. The summed E-state index contributed by atoms with van der Waals surface area (Å²) >= 11 is 0. The molecule has 0 radical (unpaired) electrons. The Bertz CT molecular complexity index is 1080. The minimum absolute atomic E-state index is 0.183. The van der Waals surface area contributed by atoms with Crippen molar-refractivity contribution in [2.24, 2.45) is 0 Å². The summed E-state index contributed by atoms with van der Waals surface area (Å²) in [6.07, 6.45) is 1.54. The first-order valence-electron chi connectivity index (χ1n) is 9.47. The van der Waals surface area contributed by atoms with Gasteiger partial charge < -0.3 is 10.1 Å².